The molecule has 0 aliphatic carbocycles. The van der Waals surface area contributed by atoms with Crippen LogP contribution in [0.25, 0.3) is 0 Å². The zero-order valence-corrected chi connectivity index (χ0v) is 19.3. The smallest absolute Gasteiger partial charge is 0.352 e. The first-order valence-electron chi connectivity index (χ1n) is 9.68. The van der Waals surface area contributed by atoms with E-state index in [-0.39, 0.29) is 28.8 Å². The van der Waals surface area contributed by atoms with Gasteiger partial charge in [-0.3, -0.25) is 19.3 Å². The average molecular weight is 510 g/mol. The first-order chi connectivity index (χ1) is 16.3. The number of hydrogen-bond acceptors (Lipinski definition) is 11. The molecule has 15 heteroatoms. The number of β-lactam (4-membered cyclic amide) rings is 1. The van der Waals surface area contributed by atoms with Gasteiger partial charge in [-0.25, -0.2) is 14.6 Å². The van der Waals surface area contributed by atoms with Crippen molar-refractivity contribution in [2.24, 2.45) is 5.16 Å². The Labute approximate surface area is 200 Å². The van der Waals surface area contributed by atoms with E-state index >= 15 is 0 Å². The Balaban J connectivity index is 1.79. The van der Waals surface area contributed by atoms with Crippen LogP contribution in [0.1, 0.15) is 12.6 Å². The molecule has 34 heavy (non-hydrogen) atoms. The molecular weight excluding hydrogens is 490 g/mol. The summed E-state index contributed by atoms with van der Waals surface area (Å²) in [6, 6.07) is -1.03. The zero-order chi connectivity index (χ0) is 24.8. The van der Waals surface area contributed by atoms with Crippen molar-refractivity contribution >= 4 is 64.1 Å². The normalized spacial score (nSPS) is 19.5. The van der Waals surface area contributed by atoms with E-state index in [4.69, 9.17) is 9.57 Å². The summed E-state index contributed by atoms with van der Waals surface area (Å²) >= 11 is 2.28. The number of anilines is 1. The summed E-state index contributed by atoms with van der Waals surface area (Å²) in [5, 5.41) is 19.0. The second-order valence-corrected chi connectivity index (χ2v) is 8.53. The lowest BCUT2D eigenvalue weighted by molar-refractivity contribution is -0.150. The van der Waals surface area contributed by atoms with Crippen LogP contribution in [0, 0.1) is 0 Å². The topological polar surface area (TPSA) is 177 Å². The summed E-state index contributed by atoms with van der Waals surface area (Å²) < 4.78 is 4.73. The first-order valence-corrected chi connectivity index (χ1v) is 11.6. The van der Waals surface area contributed by atoms with Crippen LogP contribution in [0.3, 0.4) is 0 Å². The number of nitrogens with one attached hydrogen (secondary N) is 2. The number of thioether (sulfide) groups is 1. The van der Waals surface area contributed by atoms with Crippen molar-refractivity contribution in [3.63, 3.8) is 0 Å². The summed E-state index contributed by atoms with van der Waals surface area (Å²) in [5.74, 6) is -3.15. The molecule has 2 aliphatic heterocycles. The molecule has 2 aliphatic rings. The molecule has 1 aromatic rings. The minimum atomic E-state index is -1.27. The highest BCUT2D eigenvalue weighted by Gasteiger charge is 2.54. The van der Waals surface area contributed by atoms with Gasteiger partial charge in [-0.2, -0.15) is 0 Å². The summed E-state index contributed by atoms with van der Waals surface area (Å²) in [5.41, 5.74) is -0.104. The second kappa shape index (κ2) is 10.9. The number of aromatic nitrogens is 1. The number of amides is 3. The van der Waals surface area contributed by atoms with Crippen molar-refractivity contribution in [2.75, 3.05) is 24.3 Å². The summed E-state index contributed by atoms with van der Waals surface area (Å²) in [7, 11) is 0. The van der Waals surface area contributed by atoms with Crippen molar-refractivity contribution in [1.82, 2.24) is 15.2 Å². The number of carboxylic acids is 1. The van der Waals surface area contributed by atoms with Crippen molar-refractivity contribution in [1.29, 1.82) is 0 Å². The Morgan fingerprint density at radius 3 is 2.85 bits per heavy atom. The molecule has 0 spiro atoms. The molecule has 3 heterocycles. The molecule has 1 unspecified atom stereocenters. The molecule has 0 saturated carbocycles. The van der Waals surface area contributed by atoms with E-state index in [0.717, 1.165) is 16.2 Å². The number of aliphatic carboxylic acids is 1. The fourth-order valence-corrected chi connectivity index (χ4v) is 5.06. The Morgan fingerprint density at radius 2 is 2.21 bits per heavy atom. The third-order valence-electron chi connectivity index (χ3n) is 4.52. The molecule has 3 rings (SSSR count). The van der Waals surface area contributed by atoms with Crippen LogP contribution in [0.15, 0.2) is 34.5 Å². The number of carbonyl (C=O) groups is 5. The van der Waals surface area contributed by atoms with E-state index in [1.54, 1.807) is 6.92 Å². The third kappa shape index (κ3) is 5.09. The minimum Gasteiger partial charge on any atom is -0.477 e. The van der Waals surface area contributed by atoms with Gasteiger partial charge < -0.3 is 25.3 Å². The number of carboxylic acid groups (broad SMARTS) is 1. The SMILES string of the molecule is C=CC1=C(C(=O)O)N2C(=O)C(NC(=O)C(=NOCC(=O)OCC)c3csc(NC=O)n3)[C@@H]2SC1. The highest BCUT2D eigenvalue weighted by Crippen LogP contribution is 2.40. The molecule has 1 saturated heterocycles. The van der Waals surface area contributed by atoms with Crippen molar-refractivity contribution in [3.05, 3.63) is 35.0 Å². The first kappa shape index (κ1) is 24.9. The Hall–Kier alpha value is -3.72. The maximum Gasteiger partial charge on any atom is 0.352 e. The molecule has 0 aromatic carbocycles. The van der Waals surface area contributed by atoms with E-state index < -0.39 is 41.8 Å². The number of thiazole rings is 1. The van der Waals surface area contributed by atoms with Gasteiger partial charge in [0.1, 0.15) is 22.8 Å². The van der Waals surface area contributed by atoms with Crippen LogP contribution < -0.4 is 10.6 Å². The Morgan fingerprint density at radius 1 is 1.44 bits per heavy atom. The molecule has 3 amide bonds. The van der Waals surface area contributed by atoms with Crippen molar-refractivity contribution in [2.45, 2.75) is 18.3 Å². The number of fused-ring (bicyclic) bond motifs is 1. The van der Waals surface area contributed by atoms with Gasteiger partial charge >= 0.3 is 11.9 Å². The van der Waals surface area contributed by atoms with Gasteiger partial charge in [-0.1, -0.05) is 17.8 Å². The Kier molecular flexibility index (Phi) is 8.01. The lowest BCUT2D eigenvalue weighted by atomic mass is 10.0. The van der Waals surface area contributed by atoms with E-state index in [1.165, 1.54) is 23.2 Å². The number of esters is 1. The number of oxime groups is 1. The summed E-state index contributed by atoms with van der Waals surface area (Å²) in [4.78, 5) is 69.6. The molecule has 1 fully saturated rings. The molecule has 0 bridgehead atoms. The van der Waals surface area contributed by atoms with E-state index in [9.17, 15) is 29.1 Å². The van der Waals surface area contributed by atoms with Crippen LogP contribution in [0.5, 0.6) is 0 Å². The van der Waals surface area contributed by atoms with Gasteiger partial charge in [0.15, 0.2) is 10.8 Å². The highest BCUT2D eigenvalue weighted by molar-refractivity contribution is 8.00. The molecule has 13 nitrogen and oxygen atoms in total. The highest BCUT2D eigenvalue weighted by atomic mass is 32.2. The van der Waals surface area contributed by atoms with E-state index in [2.05, 4.69) is 27.4 Å². The summed E-state index contributed by atoms with van der Waals surface area (Å²) in [6.07, 6.45) is 1.79. The molecule has 180 valence electrons. The van der Waals surface area contributed by atoms with Crippen LogP contribution in [-0.4, -0.2) is 81.2 Å². The number of rotatable bonds is 11. The van der Waals surface area contributed by atoms with Gasteiger partial charge in [0.05, 0.1) is 6.61 Å². The average Bonchev–Trinajstić information content (AvgIpc) is 3.27. The number of hydrogen-bond donors (Lipinski definition) is 3. The second-order valence-electron chi connectivity index (χ2n) is 6.56. The van der Waals surface area contributed by atoms with Crippen LogP contribution in [0.4, 0.5) is 5.13 Å². The summed E-state index contributed by atoms with van der Waals surface area (Å²) in [6.45, 7) is 4.75. The largest absolute Gasteiger partial charge is 0.477 e. The van der Waals surface area contributed by atoms with E-state index in [1.807, 2.05) is 0 Å². The maximum atomic E-state index is 13.0. The van der Waals surface area contributed by atoms with Crippen LogP contribution >= 0.6 is 23.1 Å². The number of carbonyl (C=O) groups excluding carboxylic acids is 4. The van der Waals surface area contributed by atoms with Gasteiger partial charge in [-0.15, -0.1) is 23.1 Å². The van der Waals surface area contributed by atoms with Crippen LogP contribution in [0.2, 0.25) is 0 Å². The van der Waals surface area contributed by atoms with E-state index in [0.29, 0.717) is 17.7 Å². The van der Waals surface area contributed by atoms with Crippen molar-refractivity contribution in [3.8, 4) is 0 Å². The van der Waals surface area contributed by atoms with Gasteiger partial charge in [-0.05, 0) is 12.5 Å². The predicted molar refractivity (Wildman–Crippen MR) is 121 cm³/mol. The number of ether oxygens (including phenoxy) is 1. The van der Waals surface area contributed by atoms with Crippen molar-refractivity contribution < 1.29 is 38.7 Å². The zero-order valence-electron chi connectivity index (χ0n) is 17.7. The van der Waals surface area contributed by atoms with Crippen LogP contribution in [-0.2, 0) is 33.5 Å². The standard InChI is InChI=1S/C19H19N5O8S2/c1-3-9-6-33-17-13(16(28)24(17)14(9)18(29)30)22-15(27)12(23-32-5-11(26)31-4-2)10-7-34-19(21-10)20-8-25/h3,7-8,13,17H,1,4-6H2,2H3,(H,22,27)(H,29,30)(H,20,21,25)/t13?,17-/m0/s1. The fourth-order valence-electron chi connectivity index (χ4n) is 3.07. The lowest BCUT2D eigenvalue weighted by Gasteiger charge is -2.49. The predicted octanol–water partition coefficient (Wildman–Crippen LogP) is -0.0802. The Bertz CT molecular complexity index is 1100. The molecule has 2 atom stereocenters. The third-order valence-corrected chi connectivity index (χ3v) is 6.60. The molecule has 1 aromatic heterocycles. The molecule has 0 radical (unpaired) electrons. The molecule has 3 N–H and O–H groups in total. The maximum absolute atomic E-state index is 13.0. The van der Waals surface area contributed by atoms with Gasteiger partial charge in [0.25, 0.3) is 11.8 Å². The fraction of sp³-hybridized carbons (Fsp3) is 0.316. The van der Waals surface area contributed by atoms with Gasteiger partial charge in [0, 0.05) is 11.1 Å². The molecular formula is C19H19N5O8S2. The number of allylic oxidation sites excluding steroid dienone is 1. The minimum absolute atomic E-state index is 0.0238. The monoisotopic (exact) mass is 509 g/mol. The lowest BCUT2D eigenvalue weighted by Crippen LogP contribution is -2.71. The van der Waals surface area contributed by atoms with Gasteiger partial charge in [0.2, 0.25) is 13.0 Å². The quantitative estimate of drug-likeness (QED) is 0.120. The number of nitrogens with zero attached hydrogens (tertiary/aromatic N) is 3.